The third-order valence-corrected chi connectivity index (χ3v) is 3.16. The van der Waals surface area contributed by atoms with Gasteiger partial charge in [-0.05, 0) is 25.2 Å². The number of hydrogen-bond donors (Lipinski definition) is 3. The number of nitrogens with one attached hydrogen (secondary N) is 1. The number of ether oxygens (including phenoxy) is 1. The first-order valence-corrected chi connectivity index (χ1v) is 6.23. The first-order valence-electron chi connectivity index (χ1n) is 6.23. The molecule has 0 radical (unpaired) electrons. The summed E-state index contributed by atoms with van der Waals surface area (Å²) in [6.07, 6.45) is 0.138. The van der Waals surface area contributed by atoms with Gasteiger partial charge in [-0.25, -0.2) is 4.79 Å². The lowest BCUT2D eigenvalue weighted by Crippen LogP contribution is -2.43. The molecular weight excluding hydrogens is 246 g/mol. The molecular formula is C13H19N3O3. The summed E-state index contributed by atoms with van der Waals surface area (Å²) in [4.78, 5) is 13.1. The molecule has 0 aromatic heterocycles. The van der Waals surface area contributed by atoms with Gasteiger partial charge in [0.15, 0.2) is 0 Å². The summed E-state index contributed by atoms with van der Waals surface area (Å²) in [5, 5.41) is 12.1. The van der Waals surface area contributed by atoms with Crippen LogP contribution in [0.2, 0.25) is 0 Å². The standard InChI is InChI=1S/C13H19N3O3/c1-16-4-5-19-10(8-16)7-15-9-2-3-11(13(17)18)12(14)6-9/h2-3,6,10,15H,4-5,7-8,14H2,1H3,(H,17,18). The molecule has 0 saturated carbocycles. The Kier molecular flexibility index (Phi) is 4.24. The second-order valence-corrected chi connectivity index (χ2v) is 4.74. The number of anilines is 2. The van der Waals surface area contributed by atoms with Crippen molar-refractivity contribution in [1.82, 2.24) is 4.90 Å². The predicted molar refractivity (Wildman–Crippen MR) is 73.5 cm³/mol. The van der Waals surface area contributed by atoms with Crippen molar-refractivity contribution in [2.75, 3.05) is 44.3 Å². The first-order chi connectivity index (χ1) is 9.06. The lowest BCUT2D eigenvalue weighted by molar-refractivity contribution is -0.0117. The summed E-state index contributed by atoms with van der Waals surface area (Å²) in [7, 11) is 2.06. The van der Waals surface area contributed by atoms with Crippen molar-refractivity contribution in [3.63, 3.8) is 0 Å². The third-order valence-electron chi connectivity index (χ3n) is 3.16. The topological polar surface area (TPSA) is 87.8 Å². The monoisotopic (exact) mass is 265 g/mol. The quantitative estimate of drug-likeness (QED) is 0.695. The van der Waals surface area contributed by atoms with Crippen LogP contribution in [0.15, 0.2) is 18.2 Å². The zero-order valence-electron chi connectivity index (χ0n) is 10.9. The van der Waals surface area contributed by atoms with Crippen molar-refractivity contribution in [2.24, 2.45) is 0 Å². The fourth-order valence-electron chi connectivity index (χ4n) is 2.09. The zero-order chi connectivity index (χ0) is 13.8. The van der Waals surface area contributed by atoms with Gasteiger partial charge in [-0.1, -0.05) is 0 Å². The Morgan fingerprint density at radius 3 is 3.05 bits per heavy atom. The Morgan fingerprint density at radius 2 is 2.42 bits per heavy atom. The van der Waals surface area contributed by atoms with Crippen LogP contribution < -0.4 is 11.1 Å². The lowest BCUT2D eigenvalue weighted by atomic mass is 10.1. The van der Waals surface area contributed by atoms with Gasteiger partial charge in [-0.15, -0.1) is 0 Å². The summed E-state index contributed by atoms with van der Waals surface area (Å²) in [5.74, 6) is -1.01. The number of rotatable bonds is 4. The van der Waals surface area contributed by atoms with E-state index in [-0.39, 0.29) is 17.4 Å². The smallest absolute Gasteiger partial charge is 0.337 e. The van der Waals surface area contributed by atoms with E-state index < -0.39 is 5.97 Å². The van der Waals surface area contributed by atoms with E-state index in [1.54, 1.807) is 12.1 Å². The van der Waals surface area contributed by atoms with Crippen LogP contribution in [0.25, 0.3) is 0 Å². The van der Waals surface area contributed by atoms with Crippen molar-refractivity contribution in [2.45, 2.75) is 6.10 Å². The number of carboxylic acid groups (broad SMARTS) is 1. The maximum atomic E-state index is 10.8. The highest BCUT2D eigenvalue weighted by Crippen LogP contribution is 2.18. The minimum absolute atomic E-state index is 0.124. The Balaban J connectivity index is 1.92. The van der Waals surface area contributed by atoms with Crippen LogP contribution in [0.4, 0.5) is 11.4 Å². The number of carbonyl (C=O) groups is 1. The molecule has 0 amide bonds. The maximum absolute atomic E-state index is 10.8. The van der Waals surface area contributed by atoms with Gasteiger partial charge in [-0.3, -0.25) is 0 Å². The van der Waals surface area contributed by atoms with Gasteiger partial charge < -0.3 is 25.8 Å². The van der Waals surface area contributed by atoms with Crippen molar-refractivity contribution in [3.8, 4) is 0 Å². The number of carboxylic acids is 1. The van der Waals surface area contributed by atoms with Crippen molar-refractivity contribution < 1.29 is 14.6 Å². The predicted octanol–water partition coefficient (Wildman–Crippen LogP) is 0.709. The number of benzene rings is 1. The van der Waals surface area contributed by atoms with Gasteiger partial charge in [0.05, 0.1) is 18.3 Å². The molecule has 1 saturated heterocycles. The van der Waals surface area contributed by atoms with Crippen molar-refractivity contribution >= 4 is 17.3 Å². The molecule has 6 nitrogen and oxygen atoms in total. The van der Waals surface area contributed by atoms with Crippen LogP contribution >= 0.6 is 0 Å². The minimum atomic E-state index is -1.01. The molecule has 2 rings (SSSR count). The number of nitrogens with two attached hydrogens (primary N) is 1. The lowest BCUT2D eigenvalue weighted by Gasteiger charge is -2.30. The molecule has 1 unspecified atom stereocenters. The Bertz CT molecular complexity index is 464. The van der Waals surface area contributed by atoms with Crippen LogP contribution in [-0.4, -0.2) is 55.4 Å². The van der Waals surface area contributed by atoms with Crippen LogP contribution in [0.3, 0.4) is 0 Å². The van der Waals surface area contributed by atoms with E-state index in [4.69, 9.17) is 15.6 Å². The Labute approximate surface area is 112 Å². The van der Waals surface area contributed by atoms with Crippen LogP contribution in [0.1, 0.15) is 10.4 Å². The number of morpholine rings is 1. The fourth-order valence-corrected chi connectivity index (χ4v) is 2.09. The molecule has 1 aromatic rings. The molecule has 1 aromatic carbocycles. The molecule has 1 fully saturated rings. The molecule has 0 bridgehead atoms. The molecule has 4 N–H and O–H groups in total. The number of nitrogen functional groups attached to an aromatic ring is 1. The maximum Gasteiger partial charge on any atom is 0.337 e. The van der Waals surface area contributed by atoms with Crippen LogP contribution in [0, 0.1) is 0 Å². The van der Waals surface area contributed by atoms with E-state index >= 15 is 0 Å². The number of aromatic carboxylic acids is 1. The molecule has 19 heavy (non-hydrogen) atoms. The normalized spacial score (nSPS) is 20.2. The van der Waals surface area contributed by atoms with E-state index in [9.17, 15) is 4.79 Å². The van der Waals surface area contributed by atoms with Crippen LogP contribution in [-0.2, 0) is 4.74 Å². The van der Waals surface area contributed by atoms with Crippen molar-refractivity contribution in [1.29, 1.82) is 0 Å². The van der Waals surface area contributed by atoms with E-state index in [0.717, 1.165) is 25.4 Å². The van der Waals surface area contributed by atoms with Gasteiger partial charge in [-0.2, -0.15) is 0 Å². The average Bonchev–Trinajstić information content (AvgIpc) is 2.36. The first kappa shape index (κ1) is 13.6. The van der Waals surface area contributed by atoms with Crippen LogP contribution in [0.5, 0.6) is 0 Å². The Hall–Kier alpha value is -1.79. The molecule has 1 heterocycles. The number of likely N-dealkylation sites (N-methyl/N-ethyl adjacent to an activating group) is 1. The number of nitrogens with zero attached hydrogens (tertiary/aromatic N) is 1. The minimum Gasteiger partial charge on any atom is -0.478 e. The SMILES string of the molecule is CN1CCOC(CNc2ccc(C(=O)O)c(N)c2)C1. The highest BCUT2D eigenvalue weighted by molar-refractivity contribution is 5.94. The fraction of sp³-hybridized carbons (Fsp3) is 0.462. The Morgan fingerprint density at radius 1 is 1.63 bits per heavy atom. The van der Waals surface area contributed by atoms with Crippen molar-refractivity contribution in [3.05, 3.63) is 23.8 Å². The highest BCUT2D eigenvalue weighted by atomic mass is 16.5. The molecule has 0 spiro atoms. The van der Waals surface area contributed by atoms with Gasteiger partial charge >= 0.3 is 5.97 Å². The number of hydrogen-bond acceptors (Lipinski definition) is 5. The molecule has 104 valence electrons. The summed E-state index contributed by atoms with van der Waals surface area (Å²) >= 11 is 0. The molecule has 1 atom stereocenters. The largest absolute Gasteiger partial charge is 0.478 e. The van der Waals surface area contributed by atoms with E-state index in [0.29, 0.717) is 6.54 Å². The van der Waals surface area contributed by atoms with Gasteiger partial charge in [0.1, 0.15) is 0 Å². The second kappa shape index (κ2) is 5.90. The van der Waals surface area contributed by atoms with E-state index in [1.165, 1.54) is 6.07 Å². The average molecular weight is 265 g/mol. The zero-order valence-corrected chi connectivity index (χ0v) is 10.9. The second-order valence-electron chi connectivity index (χ2n) is 4.74. The molecule has 1 aliphatic rings. The van der Waals surface area contributed by atoms with Gasteiger partial charge in [0.2, 0.25) is 0 Å². The highest BCUT2D eigenvalue weighted by Gasteiger charge is 2.17. The summed E-state index contributed by atoms with van der Waals surface area (Å²) in [6, 6.07) is 4.86. The van der Waals surface area contributed by atoms with Gasteiger partial charge in [0, 0.05) is 31.0 Å². The van der Waals surface area contributed by atoms with Gasteiger partial charge in [0.25, 0.3) is 0 Å². The molecule has 6 heteroatoms. The van der Waals surface area contributed by atoms with E-state index in [1.807, 2.05) is 0 Å². The molecule has 0 aliphatic carbocycles. The van der Waals surface area contributed by atoms with E-state index in [2.05, 4.69) is 17.3 Å². The summed E-state index contributed by atoms with van der Waals surface area (Å²) in [6.45, 7) is 3.26. The third kappa shape index (κ3) is 3.59. The summed E-state index contributed by atoms with van der Waals surface area (Å²) < 4.78 is 5.63. The summed E-state index contributed by atoms with van der Waals surface area (Å²) in [5.41, 5.74) is 6.89. The molecule has 1 aliphatic heterocycles.